The number of aryl methyl sites for hydroxylation is 2. The van der Waals surface area contributed by atoms with Crippen molar-refractivity contribution in [1.29, 1.82) is 0 Å². The number of hydrogen-bond donors (Lipinski definition) is 2. The van der Waals surface area contributed by atoms with Crippen LogP contribution in [0.4, 0.5) is 16.2 Å². The Morgan fingerprint density at radius 2 is 1.76 bits per heavy atom. The van der Waals surface area contributed by atoms with E-state index in [1.807, 2.05) is 25.2 Å². The van der Waals surface area contributed by atoms with Crippen molar-refractivity contribution in [3.63, 3.8) is 0 Å². The van der Waals surface area contributed by atoms with E-state index in [0.717, 1.165) is 16.6 Å². The first-order chi connectivity index (χ1) is 10.1. The Morgan fingerprint density at radius 3 is 2.52 bits per heavy atom. The molecule has 2 heterocycles. The highest BCUT2D eigenvalue weighted by atomic mass is 16.2. The lowest BCUT2D eigenvalue weighted by Crippen LogP contribution is -2.19. The Hall–Kier alpha value is -2.82. The van der Waals surface area contributed by atoms with Crippen molar-refractivity contribution in [2.24, 2.45) is 7.05 Å². The zero-order chi connectivity index (χ0) is 14.8. The molecular formula is C16H16N4O. The number of nitrogens with one attached hydrogen (secondary N) is 2. The van der Waals surface area contributed by atoms with E-state index >= 15 is 0 Å². The van der Waals surface area contributed by atoms with Gasteiger partial charge in [-0.3, -0.25) is 4.98 Å². The SMILES string of the molecule is Cc1cc2cc(NC(=O)Nc3ccncc3)ccc2n1C. The molecule has 0 aliphatic carbocycles. The molecule has 0 aliphatic rings. The summed E-state index contributed by atoms with van der Waals surface area (Å²) in [6.07, 6.45) is 3.27. The standard InChI is InChI=1S/C16H16N4O/c1-11-9-12-10-14(3-4-15(12)20(11)2)19-16(21)18-13-5-7-17-8-6-13/h3-10H,1-2H3,(H2,17,18,19,21). The lowest BCUT2D eigenvalue weighted by atomic mass is 10.2. The lowest BCUT2D eigenvalue weighted by Gasteiger charge is -2.07. The van der Waals surface area contributed by atoms with Gasteiger partial charge in [0, 0.05) is 47.4 Å². The van der Waals surface area contributed by atoms with Crippen LogP contribution in [0, 0.1) is 6.92 Å². The highest BCUT2D eigenvalue weighted by Crippen LogP contribution is 2.22. The van der Waals surface area contributed by atoms with Crippen molar-refractivity contribution in [3.05, 3.63) is 54.5 Å². The molecule has 1 aromatic carbocycles. The number of rotatable bonds is 2. The minimum absolute atomic E-state index is 0.270. The number of anilines is 2. The normalized spacial score (nSPS) is 10.6. The molecule has 106 valence electrons. The molecule has 0 fully saturated rings. The second-order valence-corrected chi connectivity index (χ2v) is 4.93. The predicted octanol–water partition coefficient (Wildman–Crippen LogP) is 3.53. The van der Waals surface area contributed by atoms with E-state index in [2.05, 4.69) is 33.2 Å². The average molecular weight is 280 g/mol. The number of nitrogens with zero attached hydrogens (tertiary/aromatic N) is 2. The second kappa shape index (κ2) is 5.28. The number of amides is 2. The van der Waals surface area contributed by atoms with Crippen molar-refractivity contribution < 1.29 is 4.79 Å². The van der Waals surface area contributed by atoms with Gasteiger partial charge in [0.25, 0.3) is 0 Å². The molecular weight excluding hydrogens is 264 g/mol. The summed E-state index contributed by atoms with van der Waals surface area (Å²) >= 11 is 0. The molecule has 0 radical (unpaired) electrons. The Bertz CT molecular complexity index is 793. The topological polar surface area (TPSA) is 59.0 Å². The zero-order valence-corrected chi connectivity index (χ0v) is 11.9. The fraction of sp³-hybridized carbons (Fsp3) is 0.125. The number of fused-ring (bicyclic) bond motifs is 1. The van der Waals surface area contributed by atoms with E-state index in [-0.39, 0.29) is 6.03 Å². The van der Waals surface area contributed by atoms with Crippen molar-refractivity contribution in [2.75, 3.05) is 10.6 Å². The third-order valence-corrected chi connectivity index (χ3v) is 3.48. The molecule has 0 aliphatic heterocycles. The van der Waals surface area contributed by atoms with Gasteiger partial charge in [0.1, 0.15) is 0 Å². The van der Waals surface area contributed by atoms with Gasteiger partial charge in [0.2, 0.25) is 0 Å². The van der Waals surface area contributed by atoms with E-state index in [1.165, 1.54) is 5.69 Å². The molecule has 2 amide bonds. The number of carbonyl (C=O) groups excluding carboxylic acids is 1. The molecule has 0 unspecified atom stereocenters. The first kappa shape index (κ1) is 13.2. The van der Waals surface area contributed by atoms with Gasteiger partial charge >= 0.3 is 6.03 Å². The Morgan fingerprint density at radius 1 is 1.05 bits per heavy atom. The highest BCUT2D eigenvalue weighted by molar-refractivity contribution is 6.01. The maximum absolute atomic E-state index is 11.9. The van der Waals surface area contributed by atoms with Crippen LogP contribution < -0.4 is 10.6 Å². The van der Waals surface area contributed by atoms with Crippen molar-refractivity contribution in [2.45, 2.75) is 6.92 Å². The van der Waals surface area contributed by atoms with E-state index in [9.17, 15) is 4.79 Å². The molecule has 2 aromatic heterocycles. The third kappa shape index (κ3) is 2.72. The summed E-state index contributed by atoms with van der Waals surface area (Å²) in [6.45, 7) is 2.06. The summed E-state index contributed by atoms with van der Waals surface area (Å²) in [5, 5.41) is 6.70. The molecule has 0 spiro atoms. The summed E-state index contributed by atoms with van der Waals surface area (Å²) in [7, 11) is 2.03. The molecule has 0 bridgehead atoms. The quantitative estimate of drug-likeness (QED) is 0.754. The van der Waals surface area contributed by atoms with Gasteiger partial charge in [0.15, 0.2) is 0 Å². The summed E-state index contributed by atoms with van der Waals surface area (Å²) in [4.78, 5) is 15.8. The van der Waals surface area contributed by atoms with E-state index < -0.39 is 0 Å². The van der Waals surface area contributed by atoms with Crippen LogP contribution in [0.25, 0.3) is 10.9 Å². The van der Waals surface area contributed by atoms with Crippen molar-refractivity contribution in [1.82, 2.24) is 9.55 Å². The first-order valence-corrected chi connectivity index (χ1v) is 6.67. The van der Waals surface area contributed by atoms with Gasteiger partial charge < -0.3 is 15.2 Å². The Labute approximate surface area is 122 Å². The fourth-order valence-corrected chi connectivity index (χ4v) is 2.29. The number of pyridine rings is 1. The summed E-state index contributed by atoms with van der Waals surface area (Å²) in [5.74, 6) is 0. The number of hydrogen-bond acceptors (Lipinski definition) is 2. The molecule has 5 nitrogen and oxygen atoms in total. The lowest BCUT2D eigenvalue weighted by molar-refractivity contribution is 0.262. The van der Waals surface area contributed by atoms with Gasteiger partial charge in [0.05, 0.1) is 0 Å². The van der Waals surface area contributed by atoms with Crippen LogP contribution in [-0.4, -0.2) is 15.6 Å². The van der Waals surface area contributed by atoms with Crippen LogP contribution in [-0.2, 0) is 7.05 Å². The zero-order valence-electron chi connectivity index (χ0n) is 11.9. The van der Waals surface area contributed by atoms with Gasteiger partial charge in [-0.2, -0.15) is 0 Å². The molecule has 2 N–H and O–H groups in total. The summed E-state index contributed by atoms with van der Waals surface area (Å²) in [5.41, 5.74) is 3.80. The van der Waals surface area contributed by atoms with Gasteiger partial charge in [-0.25, -0.2) is 4.79 Å². The smallest absolute Gasteiger partial charge is 0.323 e. The third-order valence-electron chi connectivity index (χ3n) is 3.48. The fourth-order valence-electron chi connectivity index (χ4n) is 2.29. The number of urea groups is 1. The average Bonchev–Trinajstić information content (AvgIpc) is 2.74. The second-order valence-electron chi connectivity index (χ2n) is 4.93. The summed E-state index contributed by atoms with van der Waals surface area (Å²) in [6, 6.07) is 11.2. The Balaban J connectivity index is 1.77. The predicted molar refractivity (Wildman–Crippen MR) is 84.5 cm³/mol. The van der Waals surface area contributed by atoms with Crippen LogP contribution in [0.1, 0.15) is 5.69 Å². The first-order valence-electron chi connectivity index (χ1n) is 6.67. The van der Waals surface area contributed by atoms with Crippen LogP contribution >= 0.6 is 0 Å². The van der Waals surface area contributed by atoms with Gasteiger partial charge in [-0.15, -0.1) is 0 Å². The van der Waals surface area contributed by atoms with Crippen LogP contribution in [0.5, 0.6) is 0 Å². The monoisotopic (exact) mass is 280 g/mol. The highest BCUT2D eigenvalue weighted by Gasteiger charge is 2.06. The minimum Gasteiger partial charge on any atom is -0.348 e. The van der Waals surface area contributed by atoms with Crippen LogP contribution in [0.15, 0.2) is 48.8 Å². The number of aromatic nitrogens is 2. The van der Waals surface area contributed by atoms with Gasteiger partial charge in [-0.05, 0) is 43.3 Å². The number of benzene rings is 1. The molecule has 0 atom stereocenters. The molecule has 0 saturated carbocycles. The Kier molecular flexibility index (Phi) is 3.31. The van der Waals surface area contributed by atoms with Crippen LogP contribution in [0.3, 0.4) is 0 Å². The maximum atomic E-state index is 11.9. The minimum atomic E-state index is -0.270. The maximum Gasteiger partial charge on any atom is 0.323 e. The van der Waals surface area contributed by atoms with Crippen molar-refractivity contribution in [3.8, 4) is 0 Å². The van der Waals surface area contributed by atoms with Crippen molar-refractivity contribution >= 4 is 28.3 Å². The summed E-state index contributed by atoms with van der Waals surface area (Å²) < 4.78 is 2.12. The number of carbonyl (C=O) groups is 1. The molecule has 3 rings (SSSR count). The largest absolute Gasteiger partial charge is 0.348 e. The molecule has 21 heavy (non-hydrogen) atoms. The van der Waals surface area contributed by atoms with Gasteiger partial charge in [-0.1, -0.05) is 0 Å². The van der Waals surface area contributed by atoms with E-state index in [0.29, 0.717) is 5.69 Å². The van der Waals surface area contributed by atoms with Crippen LogP contribution in [0.2, 0.25) is 0 Å². The van der Waals surface area contributed by atoms with E-state index in [4.69, 9.17) is 0 Å². The molecule has 3 aromatic rings. The molecule has 0 saturated heterocycles. The molecule has 5 heteroatoms. The van der Waals surface area contributed by atoms with E-state index in [1.54, 1.807) is 24.5 Å².